The lowest BCUT2D eigenvalue weighted by Crippen LogP contribution is -2.38. The number of rotatable bonds is 13. The van der Waals surface area contributed by atoms with Gasteiger partial charge >= 0.3 is 6.01 Å². The lowest BCUT2D eigenvalue weighted by molar-refractivity contribution is 0.0792. The molecule has 2 aliphatic heterocycles. The van der Waals surface area contributed by atoms with E-state index in [0.29, 0.717) is 42.7 Å². The molecule has 2 aliphatic rings. The van der Waals surface area contributed by atoms with Gasteiger partial charge in [0.1, 0.15) is 11.8 Å². The average Bonchev–Trinajstić information content (AvgIpc) is 3.72. The SMILES string of the molecule is COCCNC(=O)c1cc(CN(C)CC2CCCO2)ccc1NC(=O)c1csc(N2CCC(Oc3ncccn3)CC2)n1. The zero-order valence-electron chi connectivity index (χ0n) is 24.7. The summed E-state index contributed by atoms with van der Waals surface area (Å²) in [6.07, 6.45) is 7.37. The van der Waals surface area contributed by atoms with Gasteiger partial charge in [0.15, 0.2) is 5.13 Å². The fourth-order valence-corrected chi connectivity index (χ4v) is 6.08. The van der Waals surface area contributed by atoms with Crippen LogP contribution in [-0.2, 0) is 16.0 Å². The van der Waals surface area contributed by atoms with Crippen LogP contribution in [0.3, 0.4) is 0 Å². The number of nitrogens with one attached hydrogen (secondary N) is 2. The van der Waals surface area contributed by atoms with Crippen LogP contribution in [0.5, 0.6) is 6.01 Å². The molecule has 13 heteroatoms. The first-order valence-corrected chi connectivity index (χ1v) is 15.5. The van der Waals surface area contributed by atoms with Gasteiger partial charge in [0.25, 0.3) is 11.8 Å². The van der Waals surface area contributed by atoms with Gasteiger partial charge in [-0.3, -0.25) is 14.5 Å². The van der Waals surface area contributed by atoms with E-state index in [1.807, 2.05) is 19.2 Å². The van der Waals surface area contributed by atoms with E-state index < -0.39 is 0 Å². The molecule has 2 amide bonds. The topological polar surface area (TPSA) is 131 Å². The van der Waals surface area contributed by atoms with Crippen molar-refractivity contribution >= 4 is 34.0 Å². The highest BCUT2D eigenvalue weighted by Gasteiger charge is 2.25. The highest BCUT2D eigenvalue weighted by atomic mass is 32.1. The number of aromatic nitrogens is 3. The van der Waals surface area contributed by atoms with Crippen LogP contribution < -0.4 is 20.3 Å². The van der Waals surface area contributed by atoms with Gasteiger partial charge < -0.3 is 29.7 Å². The van der Waals surface area contributed by atoms with E-state index in [1.54, 1.807) is 37.0 Å². The number of anilines is 2. The molecule has 2 fully saturated rings. The lowest BCUT2D eigenvalue weighted by Gasteiger charge is -2.31. The van der Waals surface area contributed by atoms with Gasteiger partial charge in [-0.25, -0.2) is 15.0 Å². The van der Waals surface area contributed by atoms with Gasteiger partial charge in [-0.1, -0.05) is 6.07 Å². The second-order valence-electron chi connectivity index (χ2n) is 10.8. The first-order valence-electron chi connectivity index (χ1n) is 14.6. The summed E-state index contributed by atoms with van der Waals surface area (Å²) in [5, 5.41) is 8.31. The smallest absolute Gasteiger partial charge is 0.316 e. The molecular weight excluding hydrogens is 570 g/mol. The molecule has 5 rings (SSSR count). The predicted octanol–water partition coefficient (Wildman–Crippen LogP) is 3.22. The zero-order chi connectivity index (χ0) is 30.0. The Morgan fingerprint density at radius 1 is 1.16 bits per heavy atom. The van der Waals surface area contributed by atoms with Gasteiger partial charge in [-0.15, -0.1) is 11.3 Å². The standard InChI is InChI=1S/C30H39N7O5S/c1-36(19-23-5-3-15-41-23)18-21-6-7-25(24(17-21)27(38)31-12-16-40-2)34-28(39)26-20-43-30(35-26)37-13-8-22(9-14-37)42-29-32-10-4-11-33-29/h4,6-7,10-11,17,20,22-23H,3,5,8-9,12-16,18-19H2,1-2H3,(H,31,38)(H,34,39). The Morgan fingerprint density at radius 2 is 1.98 bits per heavy atom. The maximum Gasteiger partial charge on any atom is 0.316 e. The van der Waals surface area contributed by atoms with E-state index in [-0.39, 0.29) is 24.0 Å². The molecule has 2 aromatic heterocycles. The zero-order valence-corrected chi connectivity index (χ0v) is 25.5. The third-order valence-corrected chi connectivity index (χ3v) is 8.31. The van der Waals surface area contributed by atoms with Crippen molar-refractivity contribution in [2.45, 2.75) is 44.4 Å². The molecule has 2 N–H and O–H groups in total. The van der Waals surface area contributed by atoms with Crippen LogP contribution in [0.2, 0.25) is 0 Å². The Morgan fingerprint density at radius 3 is 2.72 bits per heavy atom. The Kier molecular flexibility index (Phi) is 10.9. The number of piperidine rings is 1. The second kappa shape index (κ2) is 15.2. The van der Waals surface area contributed by atoms with Crippen molar-refractivity contribution in [3.8, 4) is 6.01 Å². The molecule has 12 nitrogen and oxygen atoms in total. The molecule has 0 aliphatic carbocycles. The van der Waals surface area contributed by atoms with Crippen molar-refractivity contribution in [2.24, 2.45) is 0 Å². The van der Waals surface area contributed by atoms with Crippen LogP contribution in [0.15, 0.2) is 42.0 Å². The van der Waals surface area contributed by atoms with E-state index in [0.717, 1.165) is 62.6 Å². The highest BCUT2D eigenvalue weighted by molar-refractivity contribution is 7.14. The normalized spacial score (nSPS) is 17.3. The minimum Gasteiger partial charge on any atom is -0.460 e. The van der Waals surface area contributed by atoms with Crippen LogP contribution in [0.4, 0.5) is 10.8 Å². The molecule has 1 unspecified atom stereocenters. The number of likely N-dealkylation sites (N-methyl/N-ethyl adjacent to an activating group) is 1. The third kappa shape index (κ3) is 8.69. The number of methoxy groups -OCH3 is 1. The van der Waals surface area contributed by atoms with Crippen LogP contribution in [0.1, 0.15) is 52.1 Å². The fourth-order valence-electron chi connectivity index (χ4n) is 5.22. The van der Waals surface area contributed by atoms with Crippen molar-refractivity contribution in [1.82, 2.24) is 25.2 Å². The molecular formula is C30H39N7O5S. The van der Waals surface area contributed by atoms with Crippen LogP contribution in [0, 0.1) is 0 Å². The summed E-state index contributed by atoms with van der Waals surface area (Å²) in [6.45, 7) is 4.55. The summed E-state index contributed by atoms with van der Waals surface area (Å²) in [4.78, 5) is 43.6. The van der Waals surface area contributed by atoms with E-state index in [2.05, 4.69) is 35.4 Å². The summed E-state index contributed by atoms with van der Waals surface area (Å²) < 4.78 is 16.7. The van der Waals surface area contributed by atoms with Gasteiger partial charge in [0, 0.05) is 77.1 Å². The molecule has 43 heavy (non-hydrogen) atoms. The lowest BCUT2D eigenvalue weighted by atomic mass is 10.1. The van der Waals surface area contributed by atoms with Gasteiger partial charge in [0.2, 0.25) is 0 Å². The number of thiazole rings is 1. The van der Waals surface area contributed by atoms with Crippen molar-refractivity contribution in [3.63, 3.8) is 0 Å². The number of amides is 2. The summed E-state index contributed by atoms with van der Waals surface area (Å²) in [5.74, 6) is -0.642. The van der Waals surface area contributed by atoms with Crippen molar-refractivity contribution < 1.29 is 23.8 Å². The number of carbonyl (C=O) groups excluding carboxylic acids is 2. The largest absolute Gasteiger partial charge is 0.460 e. The monoisotopic (exact) mass is 609 g/mol. The first kappa shape index (κ1) is 30.8. The number of carbonyl (C=O) groups is 2. The van der Waals surface area contributed by atoms with Crippen LogP contribution in [-0.4, -0.2) is 97.4 Å². The van der Waals surface area contributed by atoms with Crippen molar-refractivity contribution in [1.29, 1.82) is 0 Å². The quantitative estimate of drug-likeness (QED) is 0.279. The highest BCUT2D eigenvalue weighted by Crippen LogP contribution is 2.27. The number of hydrogen-bond acceptors (Lipinski definition) is 11. The first-order chi connectivity index (χ1) is 21.0. The Bertz CT molecular complexity index is 1340. The van der Waals surface area contributed by atoms with Gasteiger partial charge in [0.05, 0.1) is 24.0 Å². The second-order valence-corrected chi connectivity index (χ2v) is 11.6. The number of hydrogen-bond donors (Lipinski definition) is 2. The summed E-state index contributed by atoms with van der Waals surface area (Å²) in [7, 11) is 3.63. The van der Waals surface area contributed by atoms with Crippen LogP contribution in [0.25, 0.3) is 0 Å². The van der Waals surface area contributed by atoms with Crippen molar-refractivity contribution in [3.05, 3.63) is 58.9 Å². The molecule has 2 saturated heterocycles. The van der Waals surface area contributed by atoms with E-state index >= 15 is 0 Å². The third-order valence-electron chi connectivity index (χ3n) is 7.41. The molecule has 0 spiro atoms. The van der Waals surface area contributed by atoms with Gasteiger partial charge in [-0.05, 0) is 43.7 Å². The average molecular weight is 610 g/mol. The van der Waals surface area contributed by atoms with Gasteiger partial charge in [-0.2, -0.15) is 0 Å². The van der Waals surface area contributed by atoms with E-state index in [1.165, 1.54) is 11.3 Å². The Labute approximate surface area is 255 Å². The molecule has 3 aromatic rings. The maximum absolute atomic E-state index is 13.3. The Hall–Kier alpha value is -3.65. The minimum atomic E-state index is -0.365. The summed E-state index contributed by atoms with van der Waals surface area (Å²) in [5.41, 5.74) is 2.10. The van der Waals surface area contributed by atoms with E-state index in [9.17, 15) is 9.59 Å². The molecule has 0 radical (unpaired) electrons. The number of ether oxygens (including phenoxy) is 3. The summed E-state index contributed by atoms with van der Waals surface area (Å²) in [6, 6.07) is 7.70. The number of nitrogens with zero attached hydrogens (tertiary/aromatic N) is 5. The molecule has 0 bridgehead atoms. The van der Waals surface area contributed by atoms with Crippen molar-refractivity contribution in [2.75, 3.05) is 63.8 Å². The molecule has 0 saturated carbocycles. The maximum atomic E-state index is 13.3. The summed E-state index contributed by atoms with van der Waals surface area (Å²) >= 11 is 1.43. The van der Waals surface area contributed by atoms with E-state index in [4.69, 9.17) is 14.2 Å². The number of benzene rings is 1. The molecule has 4 heterocycles. The predicted molar refractivity (Wildman–Crippen MR) is 164 cm³/mol. The Balaban J connectivity index is 1.21. The molecule has 230 valence electrons. The fraction of sp³-hybridized carbons (Fsp3) is 0.500. The minimum absolute atomic E-state index is 0.0358. The molecule has 1 atom stereocenters. The molecule has 1 aromatic carbocycles. The van der Waals surface area contributed by atoms with Crippen LogP contribution >= 0.6 is 11.3 Å².